The predicted octanol–water partition coefficient (Wildman–Crippen LogP) is 3.39. The summed E-state index contributed by atoms with van der Waals surface area (Å²) in [7, 11) is 0. The number of hydrogen-bond donors (Lipinski definition) is 1. The van der Waals surface area contributed by atoms with Gasteiger partial charge in [0, 0.05) is 28.2 Å². The quantitative estimate of drug-likeness (QED) is 0.840. The molecule has 0 aliphatic carbocycles. The van der Waals surface area contributed by atoms with Gasteiger partial charge >= 0.3 is 0 Å². The predicted molar refractivity (Wildman–Crippen MR) is 70.4 cm³/mol. The number of nitrogens with one attached hydrogen (secondary N) is 1. The summed E-state index contributed by atoms with van der Waals surface area (Å²) >= 11 is 3.00. The van der Waals surface area contributed by atoms with Crippen molar-refractivity contribution in [2.45, 2.75) is 4.90 Å². The minimum Gasteiger partial charge on any atom is -0.337 e. The van der Waals surface area contributed by atoms with Crippen LogP contribution in [0.25, 0.3) is 0 Å². The highest BCUT2D eigenvalue weighted by molar-refractivity contribution is 8.04. The Hall–Kier alpha value is -1.59. The van der Waals surface area contributed by atoms with Crippen molar-refractivity contribution < 1.29 is 4.79 Å². The molecule has 0 bridgehead atoms. The normalized spacial score (nSPS) is 16.2. The molecule has 17 heavy (non-hydrogen) atoms. The highest BCUT2D eigenvalue weighted by Crippen LogP contribution is 2.39. The van der Waals surface area contributed by atoms with Crippen LogP contribution in [-0.2, 0) is 0 Å². The Kier molecular flexibility index (Phi) is 2.70. The zero-order chi connectivity index (χ0) is 11.7. The number of hydrogen-bond acceptors (Lipinski definition) is 5. The summed E-state index contributed by atoms with van der Waals surface area (Å²) < 4.78 is 0. The number of rotatable bonds is 2. The molecule has 2 heterocycles. The second-order valence-corrected chi connectivity index (χ2v) is 5.40. The minimum atomic E-state index is 0.0784. The number of nitrogens with zero attached hydrogens (tertiary/aromatic N) is 1. The number of fused-ring (bicyclic) bond motifs is 1. The van der Waals surface area contributed by atoms with Crippen molar-refractivity contribution in [1.29, 1.82) is 0 Å². The molecule has 1 N–H and O–H groups in total. The SMILES string of the molecule is O=C1C(=CNc2nccs2)Sc2ccccc21. The van der Waals surface area contributed by atoms with E-state index in [1.54, 1.807) is 12.4 Å². The van der Waals surface area contributed by atoms with Crippen LogP contribution < -0.4 is 5.32 Å². The van der Waals surface area contributed by atoms with Crippen LogP contribution in [0.5, 0.6) is 0 Å². The molecule has 0 atom stereocenters. The third-order valence-corrected chi connectivity index (χ3v) is 4.14. The van der Waals surface area contributed by atoms with Crippen LogP contribution >= 0.6 is 23.1 Å². The van der Waals surface area contributed by atoms with Crippen LogP contribution in [0.4, 0.5) is 5.13 Å². The first-order valence-corrected chi connectivity index (χ1v) is 6.72. The van der Waals surface area contributed by atoms with E-state index < -0.39 is 0 Å². The number of carbonyl (C=O) groups excluding carboxylic acids is 1. The van der Waals surface area contributed by atoms with Crippen molar-refractivity contribution >= 4 is 34.0 Å². The molecule has 2 aromatic rings. The Morgan fingerprint density at radius 2 is 2.18 bits per heavy atom. The largest absolute Gasteiger partial charge is 0.337 e. The summed E-state index contributed by atoms with van der Waals surface area (Å²) in [6, 6.07) is 7.64. The van der Waals surface area contributed by atoms with Crippen molar-refractivity contribution in [2.75, 3.05) is 5.32 Å². The molecule has 1 aromatic carbocycles. The number of carbonyl (C=O) groups is 1. The minimum absolute atomic E-state index is 0.0784. The number of allylic oxidation sites excluding steroid dienone is 1. The fourth-order valence-electron chi connectivity index (χ4n) is 1.56. The molecule has 0 radical (unpaired) electrons. The smallest absolute Gasteiger partial charge is 0.202 e. The Labute approximate surface area is 107 Å². The molecule has 1 aromatic heterocycles. The van der Waals surface area contributed by atoms with Crippen molar-refractivity contribution in [2.24, 2.45) is 0 Å². The molecule has 0 saturated carbocycles. The molecular formula is C12H8N2OS2. The van der Waals surface area contributed by atoms with Gasteiger partial charge in [-0.25, -0.2) is 4.98 Å². The van der Waals surface area contributed by atoms with Gasteiger partial charge in [0.15, 0.2) is 5.13 Å². The van der Waals surface area contributed by atoms with Crippen LogP contribution in [0.15, 0.2) is 51.8 Å². The maximum atomic E-state index is 12.0. The summed E-state index contributed by atoms with van der Waals surface area (Å²) in [5, 5.41) is 5.72. The monoisotopic (exact) mass is 260 g/mol. The van der Waals surface area contributed by atoms with E-state index in [0.717, 1.165) is 15.6 Å². The summed E-state index contributed by atoms with van der Waals surface area (Å²) in [5.74, 6) is 0.0784. The first-order chi connectivity index (χ1) is 8.34. The molecular weight excluding hydrogens is 252 g/mol. The van der Waals surface area contributed by atoms with Gasteiger partial charge in [0.1, 0.15) is 0 Å². The van der Waals surface area contributed by atoms with Crippen LogP contribution in [0.3, 0.4) is 0 Å². The molecule has 0 spiro atoms. The molecule has 0 fully saturated rings. The van der Waals surface area contributed by atoms with Gasteiger partial charge in [-0.15, -0.1) is 11.3 Å². The van der Waals surface area contributed by atoms with E-state index in [4.69, 9.17) is 0 Å². The van der Waals surface area contributed by atoms with E-state index in [0.29, 0.717) is 4.91 Å². The zero-order valence-corrected chi connectivity index (χ0v) is 10.3. The highest BCUT2D eigenvalue weighted by Gasteiger charge is 2.25. The average molecular weight is 260 g/mol. The summed E-state index contributed by atoms with van der Waals surface area (Å²) in [5.41, 5.74) is 0.782. The number of ketones is 1. The number of thiazole rings is 1. The van der Waals surface area contributed by atoms with E-state index in [1.165, 1.54) is 23.1 Å². The molecule has 1 aliphatic heterocycles. The van der Waals surface area contributed by atoms with Crippen molar-refractivity contribution in [3.63, 3.8) is 0 Å². The lowest BCUT2D eigenvalue weighted by Gasteiger charge is -1.95. The second-order valence-electron chi connectivity index (χ2n) is 3.42. The molecule has 84 valence electrons. The topological polar surface area (TPSA) is 42.0 Å². The summed E-state index contributed by atoms with van der Waals surface area (Å²) in [6.45, 7) is 0. The third kappa shape index (κ3) is 1.99. The van der Waals surface area contributed by atoms with Crippen LogP contribution in [-0.4, -0.2) is 10.8 Å². The van der Waals surface area contributed by atoms with Crippen LogP contribution in [0, 0.1) is 0 Å². The van der Waals surface area contributed by atoms with Gasteiger partial charge in [0.2, 0.25) is 5.78 Å². The molecule has 0 amide bonds. The third-order valence-electron chi connectivity index (χ3n) is 2.33. The van der Waals surface area contributed by atoms with E-state index in [-0.39, 0.29) is 5.78 Å². The van der Waals surface area contributed by atoms with Crippen molar-refractivity contribution in [1.82, 2.24) is 4.98 Å². The maximum absolute atomic E-state index is 12.0. The first kappa shape index (κ1) is 10.6. The Bertz CT molecular complexity index is 590. The molecule has 3 rings (SSSR count). The fourth-order valence-corrected chi connectivity index (χ4v) is 3.03. The van der Waals surface area contributed by atoms with Gasteiger partial charge in [0.05, 0.1) is 4.91 Å². The second kappa shape index (κ2) is 4.35. The van der Waals surface area contributed by atoms with E-state index in [1.807, 2.05) is 29.6 Å². The number of anilines is 1. The Morgan fingerprint density at radius 1 is 1.29 bits per heavy atom. The van der Waals surface area contributed by atoms with Crippen LogP contribution in [0.2, 0.25) is 0 Å². The molecule has 0 unspecified atom stereocenters. The number of benzene rings is 1. The van der Waals surface area contributed by atoms with Gasteiger partial charge in [-0.1, -0.05) is 23.9 Å². The van der Waals surface area contributed by atoms with E-state index in [9.17, 15) is 4.79 Å². The molecule has 0 saturated heterocycles. The number of thioether (sulfide) groups is 1. The zero-order valence-electron chi connectivity index (χ0n) is 8.71. The standard InChI is InChI=1S/C12H8N2OS2/c15-11-8-3-1-2-4-9(8)17-10(11)7-14-12-13-5-6-16-12/h1-7H,(H,13,14). The lowest BCUT2D eigenvalue weighted by atomic mass is 10.1. The maximum Gasteiger partial charge on any atom is 0.202 e. The number of aromatic nitrogens is 1. The van der Waals surface area contributed by atoms with Gasteiger partial charge in [-0.3, -0.25) is 4.79 Å². The summed E-state index contributed by atoms with van der Waals surface area (Å²) in [4.78, 5) is 17.8. The first-order valence-electron chi connectivity index (χ1n) is 5.02. The van der Waals surface area contributed by atoms with Gasteiger partial charge in [-0.2, -0.15) is 0 Å². The molecule has 3 nitrogen and oxygen atoms in total. The Morgan fingerprint density at radius 3 is 2.94 bits per heavy atom. The van der Waals surface area contributed by atoms with Crippen LogP contribution in [0.1, 0.15) is 10.4 Å². The van der Waals surface area contributed by atoms with Crippen molar-refractivity contribution in [3.05, 3.63) is 52.5 Å². The van der Waals surface area contributed by atoms with E-state index >= 15 is 0 Å². The lowest BCUT2D eigenvalue weighted by Crippen LogP contribution is -1.96. The lowest BCUT2D eigenvalue weighted by molar-refractivity contribution is 0.104. The van der Waals surface area contributed by atoms with Gasteiger partial charge in [-0.05, 0) is 12.1 Å². The van der Waals surface area contributed by atoms with Crippen molar-refractivity contribution in [3.8, 4) is 0 Å². The fraction of sp³-hybridized carbons (Fsp3) is 0. The number of Topliss-reactive ketones (excluding diaryl/α,β-unsaturated/α-hetero) is 1. The average Bonchev–Trinajstić information content (AvgIpc) is 2.96. The molecule has 1 aliphatic rings. The Balaban J connectivity index is 1.84. The summed E-state index contributed by atoms with van der Waals surface area (Å²) in [6.07, 6.45) is 3.45. The highest BCUT2D eigenvalue weighted by atomic mass is 32.2. The van der Waals surface area contributed by atoms with E-state index in [2.05, 4.69) is 10.3 Å². The van der Waals surface area contributed by atoms with Gasteiger partial charge < -0.3 is 5.32 Å². The molecule has 5 heteroatoms. The van der Waals surface area contributed by atoms with Gasteiger partial charge in [0.25, 0.3) is 0 Å².